The number of alkyl halides is 3. The van der Waals surface area contributed by atoms with Gasteiger partial charge in [-0.25, -0.2) is 14.5 Å². The Balaban J connectivity index is 0.924. The fraction of sp³-hybridized carbons (Fsp3) is 0.667. The fourth-order valence-electron chi connectivity index (χ4n) is 6.68. The van der Waals surface area contributed by atoms with Crippen LogP contribution in [0, 0.1) is 16.7 Å². The monoisotopic (exact) mass is 522 g/mol. The van der Waals surface area contributed by atoms with E-state index >= 15 is 0 Å². The second kappa shape index (κ2) is 7.79. The number of rotatable bonds is 4. The van der Waals surface area contributed by atoms with Crippen LogP contribution in [0.1, 0.15) is 43.2 Å². The van der Waals surface area contributed by atoms with E-state index in [0.29, 0.717) is 19.0 Å². The number of aromatic nitrogens is 4. The summed E-state index contributed by atoms with van der Waals surface area (Å²) in [6.07, 6.45) is 2.95. The van der Waals surface area contributed by atoms with Crippen molar-refractivity contribution in [3.05, 3.63) is 36.2 Å². The highest BCUT2D eigenvalue weighted by atomic mass is 31.2. The highest BCUT2D eigenvalue weighted by Crippen LogP contribution is 2.56. The lowest BCUT2D eigenvalue weighted by molar-refractivity contribution is -0.145. The molecule has 2 aliphatic heterocycles. The average Bonchev–Trinajstić information content (AvgIpc) is 3.16. The molecule has 194 valence electrons. The minimum Gasteiger partial charge on any atom is -0.323 e. The number of amides is 2. The summed E-state index contributed by atoms with van der Waals surface area (Å²) < 4.78 is 51.6. The topological polar surface area (TPSA) is 84.2 Å². The summed E-state index contributed by atoms with van der Waals surface area (Å²) in [6, 6.07) is 3.92. The molecule has 12 heteroatoms. The van der Waals surface area contributed by atoms with E-state index in [2.05, 4.69) is 15.1 Å². The van der Waals surface area contributed by atoms with Gasteiger partial charge < -0.3 is 14.4 Å². The van der Waals surface area contributed by atoms with Gasteiger partial charge in [-0.3, -0.25) is 4.98 Å². The molecular weight excluding hydrogens is 492 g/mol. The number of hydrogen-bond donors (Lipinski definition) is 0. The van der Waals surface area contributed by atoms with Crippen LogP contribution in [0.3, 0.4) is 0 Å². The second-order valence-electron chi connectivity index (χ2n) is 11.9. The number of urea groups is 1. The first kappa shape index (κ1) is 23.9. The number of carbonyl (C=O) groups is 1. The Bertz CT molecular complexity index is 1210. The van der Waals surface area contributed by atoms with Crippen LogP contribution in [0.15, 0.2) is 24.7 Å². The first-order valence-electron chi connectivity index (χ1n) is 12.4. The molecule has 2 saturated carbocycles. The van der Waals surface area contributed by atoms with Gasteiger partial charge >= 0.3 is 12.2 Å². The van der Waals surface area contributed by atoms with Gasteiger partial charge in [0, 0.05) is 54.2 Å². The Morgan fingerprint density at radius 3 is 2.14 bits per heavy atom. The van der Waals surface area contributed by atoms with Crippen LogP contribution in [0.5, 0.6) is 0 Å². The van der Waals surface area contributed by atoms with Gasteiger partial charge in [0.15, 0.2) is 0 Å². The van der Waals surface area contributed by atoms with E-state index in [-0.39, 0.29) is 22.9 Å². The molecular formula is C24H30F3N6O2P. The van der Waals surface area contributed by atoms with Crippen molar-refractivity contribution in [3.8, 4) is 0 Å². The Morgan fingerprint density at radius 1 is 1.03 bits per heavy atom. The third-order valence-corrected chi connectivity index (χ3v) is 10.00. The van der Waals surface area contributed by atoms with Crippen molar-refractivity contribution in [2.24, 2.45) is 16.7 Å². The molecule has 0 unspecified atom stereocenters. The summed E-state index contributed by atoms with van der Waals surface area (Å²) in [5.41, 5.74) is 1.29. The highest BCUT2D eigenvalue weighted by Gasteiger charge is 2.58. The van der Waals surface area contributed by atoms with Crippen molar-refractivity contribution in [1.82, 2.24) is 29.5 Å². The van der Waals surface area contributed by atoms with Crippen molar-refractivity contribution >= 4 is 18.5 Å². The summed E-state index contributed by atoms with van der Waals surface area (Å²) in [7, 11) is -2.28. The zero-order valence-corrected chi connectivity index (χ0v) is 21.3. The molecule has 0 aromatic carbocycles. The number of likely N-dealkylation sites (tertiary alicyclic amines) is 2. The van der Waals surface area contributed by atoms with Crippen molar-refractivity contribution in [3.63, 3.8) is 0 Å². The largest absolute Gasteiger partial charge is 0.453 e. The third-order valence-electron chi connectivity index (χ3n) is 8.49. The molecule has 0 radical (unpaired) electrons. The Morgan fingerprint density at radius 2 is 1.64 bits per heavy atom. The quantitative estimate of drug-likeness (QED) is 0.573. The average molecular weight is 523 g/mol. The molecule has 0 bridgehead atoms. The van der Waals surface area contributed by atoms with Gasteiger partial charge in [-0.1, -0.05) is 0 Å². The van der Waals surface area contributed by atoms with Gasteiger partial charge in [-0.2, -0.15) is 13.2 Å². The fourth-order valence-corrected chi connectivity index (χ4v) is 7.45. The van der Waals surface area contributed by atoms with Crippen LogP contribution in [0.25, 0.3) is 0 Å². The number of hydrogen-bond acceptors (Lipinski definition) is 5. The number of halogens is 3. The first-order valence-corrected chi connectivity index (χ1v) is 15.0. The number of carbonyl (C=O) groups excluding carboxylic acids is 1. The minimum atomic E-state index is -4.53. The maximum absolute atomic E-state index is 12.9. The molecule has 2 saturated heterocycles. The molecule has 2 aromatic heterocycles. The van der Waals surface area contributed by atoms with Crippen LogP contribution in [0.4, 0.5) is 18.0 Å². The van der Waals surface area contributed by atoms with Crippen molar-refractivity contribution in [2.75, 3.05) is 39.5 Å². The van der Waals surface area contributed by atoms with Gasteiger partial charge in [-0.15, -0.1) is 5.10 Å². The number of pyridine rings is 1. The summed E-state index contributed by atoms with van der Waals surface area (Å²) in [5, 5.41) is 4.40. The van der Waals surface area contributed by atoms with Gasteiger partial charge in [0.25, 0.3) is 5.82 Å². The Labute approximate surface area is 207 Å². The van der Waals surface area contributed by atoms with Crippen molar-refractivity contribution in [2.45, 2.75) is 44.3 Å². The maximum Gasteiger partial charge on any atom is 0.453 e. The van der Waals surface area contributed by atoms with Crippen LogP contribution in [0.2, 0.25) is 0 Å². The van der Waals surface area contributed by atoms with E-state index in [0.717, 1.165) is 62.5 Å². The van der Waals surface area contributed by atoms with Crippen LogP contribution in [-0.4, -0.2) is 75.1 Å². The predicted octanol–water partition coefficient (Wildman–Crippen LogP) is 3.65. The van der Waals surface area contributed by atoms with E-state index in [1.807, 2.05) is 21.9 Å². The maximum atomic E-state index is 12.9. The molecule has 0 atom stereocenters. The van der Waals surface area contributed by atoms with Crippen LogP contribution >= 0.6 is 7.14 Å². The van der Waals surface area contributed by atoms with Gasteiger partial charge in [0.1, 0.15) is 13.5 Å². The lowest BCUT2D eigenvalue weighted by atomic mass is 9.56. The Hall–Kier alpha value is -2.42. The molecule has 36 heavy (non-hydrogen) atoms. The molecule has 6 rings (SSSR count). The molecule has 4 heterocycles. The SMILES string of the molecule is CP(C)(=O)c1ccc(CC2CC3(C2)CN(C(=O)N2CC4(CC(n5cnc(C(F)(F)F)n5)C4)C2)C3)nc1. The zero-order valence-electron chi connectivity index (χ0n) is 20.4. The first-order chi connectivity index (χ1) is 16.8. The molecule has 4 aliphatic rings. The zero-order chi connectivity index (χ0) is 25.5. The normalized spacial score (nSPS) is 23.2. The highest BCUT2D eigenvalue weighted by molar-refractivity contribution is 7.70. The summed E-state index contributed by atoms with van der Waals surface area (Å²) in [5.74, 6) is -0.526. The lowest BCUT2D eigenvalue weighted by Crippen LogP contribution is -2.71. The van der Waals surface area contributed by atoms with Crippen LogP contribution < -0.4 is 5.30 Å². The second-order valence-corrected chi connectivity index (χ2v) is 15.2. The predicted molar refractivity (Wildman–Crippen MR) is 126 cm³/mol. The van der Waals surface area contributed by atoms with Gasteiger partial charge in [0.05, 0.1) is 6.04 Å². The van der Waals surface area contributed by atoms with E-state index in [1.165, 1.54) is 4.68 Å². The smallest absolute Gasteiger partial charge is 0.323 e. The van der Waals surface area contributed by atoms with Gasteiger partial charge in [0.2, 0.25) is 0 Å². The standard InChI is InChI=1S/C24H30F3N6O2P/c1-36(2,35)19-4-3-17(28-10-19)5-16-6-22(7-16)11-31(12-22)21(34)32-13-23(14-32)8-18(9-23)33-15-29-20(30-33)24(25,26)27/h3-4,10,15-16,18H,5-9,11-14H2,1-2H3. The van der Waals surface area contributed by atoms with Crippen molar-refractivity contribution in [1.29, 1.82) is 0 Å². The van der Waals surface area contributed by atoms with E-state index in [4.69, 9.17) is 0 Å². The summed E-state index contributed by atoms with van der Waals surface area (Å²) in [6.45, 7) is 6.43. The van der Waals surface area contributed by atoms with Gasteiger partial charge in [-0.05, 0) is 63.5 Å². The molecule has 2 aliphatic carbocycles. The summed E-state index contributed by atoms with van der Waals surface area (Å²) in [4.78, 5) is 24.6. The molecule has 8 nitrogen and oxygen atoms in total. The Kier molecular flexibility index (Phi) is 5.18. The van der Waals surface area contributed by atoms with E-state index in [1.54, 1.807) is 19.5 Å². The lowest BCUT2D eigenvalue weighted by Gasteiger charge is -2.63. The van der Waals surface area contributed by atoms with Crippen molar-refractivity contribution < 1.29 is 22.5 Å². The third kappa shape index (κ3) is 4.13. The van der Waals surface area contributed by atoms with E-state index < -0.39 is 19.1 Å². The molecule has 4 fully saturated rings. The molecule has 2 amide bonds. The van der Waals surface area contributed by atoms with Crippen LogP contribution in [-0.2, 0) is 17.2 Å². The van der Waals surface area contributed by atoms with E-state index in [9.17, 15) is 22.5 Å². The molecule has 2 aromatic rings. The molecule has 0 N–H and O–H groups in total. The summed E-state index contributed by atoms with van der Waals surface area (Å²) >= 11 is 0. The minimum absolute atomic E-state index is 0.0145. The molecule has 2 spiro atoms. The number of nitrogens with zero attached hydrogens (tertiary/aromatic N) is 6.